The molecule has 1 aromatic carbocycles. The Morgan fingerprint density at radius 3 is 2.74 bits per heavy atom. The summed E-state index contributed by atoms with van der Waals surface area (Å²) in [6.07, 6.45) is 4.38. The van der Waals surface area contributed by atoms with E-state index in [2.05, 4.69) is 4.90 Å². The monoisotopic (exact) mass is 298 g/mol. The highest BCUT2D eigenvalue weighted by atomic mass is 35.5. The van der Waals surface area contributed by atoms with Gasteiger partial charge in [0.05, 0.1) is 0 Å². The van der Waals surface area contributed by atoms with Crippen LogP contribution in [0.1, 0.15) is 31.2 Å². The molecule has 0 aromatic heterocycles. The van der Waals surface area contributed by atoms with Crippen LogP contribution in [0.2, 0.25) is 5.02 Å². The molecule has 1 aromatic rings. The Kier molecular flexibility index (Phi) is 5.02. The van der Waals surface area contributed by atoms with Crippen LogP contribution in [0.4, 0.5) is 5.69 Å². The summed E-state index contributed by atoms with van der Waals surface area (Å²) in [6.45, 7) is 1.01. The molecule has 104 valence electrons. The number of hydrogen-bond acceptors (Lipinski definition) is 3. The summed E-state index contributed by atoms with van der Waals surface area (Å²) in [5, 5.41) is 9.70. The fourth-order valence-corrected chi connectivity index (χ4v) is 2.73. The first-order chi connectivity index (χ1) is 9.13. The minimum absolute atomic E-state index is 0.194. The van der Waals surface area contributed by atoms with Gasteiger partial charge in [0, 0.05) is 35.5 Å². The molecule has 3 nitrogen and oxygen atoms in total. The van der Waals surface area contributed by atoms with Crippen LogP contribution in [-0.4, -0.2) is 29.3 Å². The van der Waals surface area contributed by atoms with E-state index >= 15 is 0 Å². The molecule has 0 spiro atoms. The maximum Gasteiger partial charge on any atom is 0.106 e. The molecule has 1 aliphatic carbocycles. The molecule has 1 fully saturated rings. The molecule has 5 heteroatoms. The number of anilines is 1. The van der Waals surface area contributed by atoms with Crippen LogP contribution in [-0.2, 0) is 0 Å². The van der Waals surface area contributed by atoms with E-state index in [1.54, 1.807) is 0 Å². The van der Waals surface area contributed by atoms with Gasteiger partial charge < -0.3 is 15.7 Å². The van der Waals surface area contributed by atoms with Gasteiger partial charge in [0.2, 0.25) is 0 Å². The Morgan fingerprint density at radius 1 is 1.47 bits per heavy atom. The van der Waals surface area contributed by atoms with Crippen LogP contribution in [0.5, 0.6) is 0 Å². The van der Waals surface area contributed by atoms with Crippen molar-refractivity contribution < 1.29 is 5.11 Å². The summed E-state index contributed by atoms with van der Waals surface area (Å²) in [7, 11) is 0. The number of thiocarbonyl (C=S) groups is 1. The maximum atomic E-state index is 9.06. The molecule has 0 bridgehead atoms. The van der Waals surface area contributed by atoms with E-state index in [-0.39, 0.29) is 6.61 Å². The summed E-state index contributed by atoms with van der Waals surface area (Å²) < 4.78 is 0. The smallest absolute Gasteiger partial charge is 0.106 e. The largest absolute Gasteiger partial charge is 0.396 e. The van der Waals surface area contributed by atoms with Gasteiger partial charge in [-0.2, -0.15) is 0 Å². The third-order valence-electron chi connectivity index (χ3n) is 3.61. The highest BCUT2D eigenvalue weighted by Gasteiger charge is 2.26. The SMILES string of the molecule is NC(=S)c1cc(Cl)ccc1N(CCCO)C1CCC1. The second-order valence-corrected chi connectivity index (χ2v) is 5.76. The van der Waals surface area contributed by atoms with E-state index in [0.717, 1.165) is 24.2 Å². The summed E-state index contributed by atoms with van der Waals surface area (Å²) in [6, 6.07) is 6.19. The van der Waals surface area contributed by atoms with Crippen LogP contribution in [0.25, 0.3) is 0 Å². The van der Waals surface area contributed by atoms with E-state index in [0.29, 0.717) is 16.1 Å². The van der Waals surface area contributed by atoms with E-state index < -0.39 is 0 Å². The molecular formula is C14H19ClN2OS. The van der Waals surface area contributed by atoms with E-state index in [9.17, 15) is 0 Å². The second kappa shape index (κ2) is 6.55. The maximum absolute atomic E-state index is 9.06. The average molecular weight is 299 g/mol. The van der Waals surface area contributed by atoms with E-state index in [1.807, 2.05) is 18.2 Å². The van der Waals surface area contributed by atoms with Crippen LogP contribution in [0, 0.1) is 0 Å². The van der Waals surface area contributed by atoms with Gasteiger partial charge in [-0.15, -0.1) is 0 Å². The van der Waals surface area contributed by atoms with Crippen LogP contribution in [0.15, 0.2) is 18.2 Å². The number of aliphatic hydroxyl groups excluding tert-OH is 1. The first-order valence-corrected chi connectivity index (χ1v) is 7.39. The van der Waals surface area contributed by atoms with Gasteiger partial charge in [-0.3, -0.25) is 0 Å². The number of hydrogen-bond donors (Lipinski definition) is 2. The predicted molar refractivity (Wildman–Crippen MR) is 84.0 cm³/mol. The molecule has 0 unspecified atom stereocenters. The molecule has 19 heavy (non-hydrogen) atoms. The number of benzene rings is 1. The number of halogens is 1. The van der Waals surface area contributed by atoms with E-state index in [1.165, 1.54) is 19.3 Å². The number of aliphatic hydroxyl groups is 1. The fourth-order valence-electron chi connectivity index (χ4n) is 2.40. The number of rotatable bonds is 6. The third kappa shape index (κ3) is 3.38. The lowest BCUT2D eigenvalue weighted by molar-refractivity contribution is 0.283. The average Bonchev–Trinajstić information content (AvgIpc) is 2.32. The molecule has 1 saturated carbocycles. The van der Waals surface area contributed by atoms with Crippen molar-refractivity contribution in [2.45, 2.75) is 31.7 Å². The van der Waals surface area contributed by atoms with Crippen molar-refractivity contribution in [1.29, 1.82) is 0 Å². The van der Waals surface area contributed by atoms with Crippen molar-refractivity contribution in [2.75, 3.05) is 18.1 Å². The zero-order valence-electron chi connectivity index (χ0n) is 10.8. The quantitative estimate of drug-likeness (QED) is 0.793. The number of nitrogens with zero attached hydrogens (tertiary/aromatic N) is 1. The Bertz CT molecular complexity index is 463. The van der Waals surface area contributed by atoms with Gasteiger partial charge in [-0.25, -0.2) is 0 Å². The number of nitrogens with two attached hydrogens (primary N) is 1. The molecule has 2 rings (SSSR count). The van der Waals surface area contributed by atoms with Crippen molar-refractivity contribution in [3.8, 4) is 0 Å². The van der Waals surface area contributed by atoms with E-state index in [4.69, 9.17) is 34.7 Å². The highest BCUT2D eigenvalue weighted by Crippen LogP contribution is 2.33. The molecular weight excluding hydrogens is 280 g/mol. The Balaban J connectivity index is 2.31. The lowest BCUT2D eigenvalue weighted by Gasteiger charge is -2.40. The minimum Gasteiger partial charge on any atom is -0.396 e. The second-order valence-electron chi connectivity index (χ2n) is 4.88. The Hall–Kier alpha value is -0.840. The zero-order valence-corrected chi connectivity index (χ0v) is 12.4. The normalized spacial score (nSPS) is 15.1. The van der Waals surface area contributed by atoms with Gasteiger partial charge in [0.25, 0.3) is 0 Å². The molecule has 0 saturated heterocycles. The molecule has 1 aliphatic rings. The third-order valence-corrected chi connectivity index (χ3v) is 4.06. The van der Waals surface area contributed by atoms with Gasteiger partial charge in [-0.05, 0) is 43.9 Å². The summed E-state index contributed by atoms with van der Waals surface area (Å²) in [5.41, 5.74) is 7.67. The lowest BCUT2D eigenvalue weighted by Crippen LogP contribution is -2.42. The van der Waals surface area contributed by atoms with Gasteiger partial charge in [-0.1, -0.05) is 23.8 Å². The van der Waals surface area contributed by atoms with Crippen molar-refractivity contribution >= 4 is 34.5 Å². The molecule has 0 aliphatic heterocycles. The summed E-state index contributed by atoms with van der Waals surface area (Å²) in [4.78, 5) is 2.68. The van der Waals surface area contributed by atoms with Gasteiger partial charge in [0.1, 0.15) is 4.99 Å². The molecule has 0 amide bonds. The van der Waals surface area contributed by atoms with Crippen LogP contribution in [0.3, 0.4) is 0 Å². The van der Waals surface area contributed by atoms with Crippen molar-refractivity contribution in [3.05, 3.63) is 28.8 Å². The lowest BCUT2D eigenvalue weighted by atomic mass is 9.90. The fraction of sp³-hybridized carbons (Fsp3) is 0.500. The zero-order chi connectivity index (χ0) is 13.8. The Labute approximate surface area is 124 Å². The molecule has 0 atom stereocenters. The van der Waals surface area contributed by atoms with Crippen molar-refractivity contribution in [2.24, 2.45) is 5.73 Å². The first-order valence-electron chi connectivity index (χ1n) is 6.60. The Morgan fingerprint density at radius 2 is 2.21 bits per heavy atom. The van der Waals surface area contributed by atoms with Crippen molar-refractivity contribution in [1.82, 2.24) is 0 Å². The van der Waals surface area contributed by atoms with Crippen LogP contribution < -0.4 is 10.6 Å². The minimum atomic E-state index is 0.194. The molecule has 0 radical (unpaired) electrons. The highest BCUT2D eigenvalue weighted by molar-refractivity contribution is 7.80. The van der Waals surface area contributed by atoms with Crippen molar-refractivity contribution in [3.63, 3.8) is 0 Å². The standard InChI is InChI=1S/C14H19ClN2OS/c15-10-5-6-13(12(9-10)14(16)19)17(7-2-8-18)11-3-1-4-11/h5-6,9,11,18H,1-4,7-8H2,(H2,16,19). The summed E-state index contributed by atoms with van der Waals surface area (Å²) >= 11 is 11.1. The topological polar surface area (TPSA) is 49.5 Å². The molecule has 3 N–H and O–H groups in total. The first kappa shape index (κ1) is 14.6. The predicted octanol–water partition coefficient (Wildman–Crippen LogP) is 2.72. The summed E-state index contributed by atoms with van der Waals surface area (Å²) in [5.74, 6) is 0. The van der Waals surface area contributed by atoms with Gasteiger partial charge >= 0.3 is 0 Å². The molecule has 0 heterocycles. The van der Waals surface area contributed by atoms with Crippen LogP contribution >= 0.6 is 23.8 Å². The van der Waals surface area contributed by atoms with Gasteiger partial charge in [0.15, 0.2) is 0 Å².